The first-order valence-corrected chi connectivity index (χ1v) is 34.6. The summed E-state index contributed by atoms with van der Waals surface area (Å²) < 4.78 is 78.6. The zero-order valence-corrected chi connectivity index (χ0v) is 55.1. The molecule has 0 saturated carbocycles. The average Bonchev–Trinajstić information content (AvgIpc) is 1.71. The summed E-state index contributed by atoms with van der Waals surface area (Å²) in [4.78, 5) is 64.6. The van der Waals surface area contributed by atoms with Crippen molar-refractivity contribution < 1.29 is 55.0 Å². The van der Waals surface area contributed by atoms with Gasteiger partial charge in [0.2, 0.25) is 20.0 Å². The molecule has 24 heteroatoms. The number of amidine groups is 2. The second-order valence-electron chi connectivity index (χ2n) is 22.5. The van der Waals surface area contributed by atoms with Crippen LogP contribution in [0.4, 0.5) is 0 Å². The minimum absolute atomic E-state index is 0. The average molecular weight is 1330 g/mol. The number of rotatable bonds is 16. The number of fused-ring (bicyclic) bond motifs is 2. The van der Waals surface area contributed by atoms with Gasteiger partial charge >= 0.3 is 0 Å². The molecule has 4 amide bonds. The van der Waals surface area contributed by atoms with Crippen molar-refractivity contribution in [1.82, 2.24) is 29.0 Å². The van der Waals surface area contributed by atoms with Crippen molar-refractivity contribution in [3.05, 3.63) is 167 Å². The van der Waals surface area contributed by atoms with Gasteiger partial charge < -0.3 is 39.4 Å². The lowest BCUT2D eigenvalue weighted by molar-refractivity contribution is -0.125. The first-order chi connectivity index (χ1) is 43.2. The minimum Gasteiger partial charge on any atom is -0.500 e. The van der Waals surface area contributed by atoms with Gasteiger partial charge in [-0.3, -0.25) is 29.2 Å². The van der Waals surface area contributed by atoms with Gasteiger partial charge in [0.1, 0.15) is 40.9 Å². The number of halogens is 2. The Morgan fingerprint density at radius 3 is 2.10 bits per heavy atom. The number of aliphatic imine (C=N–C) groups is 2. The molecule has 0 radical (unpaired) electrons. The standard InChI is InChI=1S/C33H42N4O6S.C31H38N4O6S.C2H4Cl2.CH4/c1-5-7-20-43-29-10-8-9-27(24-29)30-34-32(39)33(35-30)14-16-37(17-15-33)44(40,41)22-13-26-11-12-28(23-25(26)3)31(38)36(4)18-21-42-19-6-2;1-23-21-26-10-9-24(23)11-20-42(38,39)35-14-12-31(13-15-35)30(37)32-28(33-31)25-7-6-8-27(22-25)41-18-5-3-4-17-40-19-16-34(2)29(26)36;3-1-2-4;/h5-6,8-12,23-24H,1-2,7,13-22H2,3-4H3,(H,34,35,39);4,6-10,17,21-22H,3,5,11-16,18-20H2,1-2H3,(H,32,33,37);1-2H2;1H4. The normalized spacial score (nSPS) is 19.9. The zero-order chi connectivity index (χ0) is 64.9. The maximum absolute atomic E-state index is 13.3. The zero-order valence-electron chi connectivity index (χ0n) is 51.9. The molecule has 7 aliphatic rings. The van der Waals surface area contributed by atoms with Crippen LogP contribution in [-0.2, 0) is 52.0 Å². The van der Waals surface area contributed by atoms with Gasteiger partial charge in [-0.2, -0.15) is 0 Å². The molecule has 20 nitrogen and oxygen atoms in total. The van der Waals surface area contributed by atoms with E-state index >= 15 is 0 Å². The number of carbonyl (C=O) groups is 4. The highest BCUT2D eigenvalue weighted by molar-refractivity contribution is 7.89. The molecular formula is C67H88Cl2N8O12S2. The fourth-order valence-corrected chi connectivity index (χ4v) is 13.7. The van der Waals surface area contributed by atoms with Gasteiger partial charge in [0.05, 0.1) is 50.7 Å². The van der Waals surface area contributed by atoms with Crippen molar-refractivity contribution in [2.75, 3.05) is 110 Å². The van der Waals surface area contributed by atoms with Crippen LogP contribution in [0.3, 0.4) is 0 Å². The predicted molar refractivity (Wildman–Crippen MR) is 360 cm³/mol. The number of sulfonamides is 2. The number of aryl methyl sites for hydroxylation is 4. The van der Waals surface area contributed by atoms with Gasteiger partial charge in [0.25, 0.3) is 23.6 Å². The van der Waals surface area contributed by atoms with E-state index in [9.17, 15) is 36.0 Å². The first kappa shape index (κ1) is 73.1. The van der Waals surface area contributed by atoms with Gasteiger partial charge in [-0.15, -0.1) is 36.4 Å². The van der Waals surface area contributed by atoms with Gasteiger partial charge in [0.15, 0.2) is 0 Å². The van der Waals surface area contributed by atoms with Crippen molar-refractivity contribution in [3.8, 4) is 11.5 Å². The minimum atomic E-state index is -3.57. The van der Waals surface area contributed by atoms with E-state index in [0.29, 0.717) is 131 Å². The third-order valence-electron chi connectivity index (χ3n) is 16.2. The molecule has 2 fully saturated rings. The molecule has 0 aliphatic carbocycles. The van der Waals surface area contributed by atoms with Crippen LogP contribution < -0.4 is 20.1 Å². The van der Waals surface area contributed by atoms with E-state index in [1.54, 1.807) is 60.5 Å². The molecule has 494 valence electrons. The van der Waals surface area contributed by atoms with Crippen molar-refractivity contribution >= 4 is 78.5 Å². The Labute approximate surface area is 547 Å². The number of hydrogen-bond donors (Lipinski definition) is 2. The molecule has 11 rings (SSSR count). The van der Waals surface area contributed by atoms with Crippen LogP contribution in [0.15, 0.2) is 133 Å². The van der Waals surface area contributed by atoms with Crippen LogP contribution >= 0.6 is 23.2 Å². The van der Waals surface area contributed by atoms with E-state index < -0.39 is 31.1 Å². The maximum atomic E-state index is 13.3. The lowest BCUT2D eigenvalue weighted by atomic mass is 9.89. The van der Waals surface area contributed by atoms with Crippen LogP contribution in [0, 0.1) is 13.8 Å². The Hall–Kier alpha value is -6.92. The Kier molecular flexibility index (Phi) is 27.9. The summed E-state index contributed by atoms with van der Waals surface area (Å²) in [7, 11) is -3.66. The number of carbonyl (C=O) groups excluding carboxylic acids is 4. The lowest BCUT2D eigenvalue weighted by Gasteiger charge is -2.34. The van der Waals surface area contributed by atoms with Crippen LogP contribution in [0.1, 0.15) is 106 Å². The van der Waals surface area contributed by atoms with Crippen molar-refractivity contribution in [1.29, 1.82) is 0 Å². The molecule has 91 heavy (non-hydrogen) atoms. The number of allylic oxidation sites excluding steroid dienone is 1. The Morgan fingerprint density at radius 2 is 1.46 bits per heavy atom. The van der Waals surface area contributed by atoms with Gasteiger partial charge in [-0.05, 0) is 148 Å². The summed E-state index contributed by atoms with van der Waals surface area (Å²) in [6, 6.07) is 25.6. The fraction of sp³-hybridized carbons (Fsp3) is 0.463. The van der Waals surface area contributed by atoms with Crippen LogP contribution in [0.25, 0.3) is 0 Å². The maximum Gasteiger partial charge on any atom is 0.253 e. The van der Waals surface area contributed by atoms with Gasteiger partial charge in [0, 0.05) is 80.8 Å². The molecule has 2 N–H and O–H groups in total. The largest absolute Gasteiger partial charge is 0.500 e. The summed E-state index contributed by atoms with van der Waals surface area (Å²) >= 11 is 10.1. The van der Waals surface area contributed by atoms with E-state index in [4.69, 9.17) is 52.1 Å². The third kappa shape index (κ3) is 20.0. The number of alkyl halides is 2. The van der Waals surface area contributed by atoms with Crippen molar-refractivity contribution in [2.45, 2.75) is 90.1 Å². The molecule has 7 heterocycles. The van der Waals surface area contributed by atoms with E-state index in [2.05, 4.69) is 23.8 Å². The highest BCUT2D eigenvalue weighted by Crippen LogP contribution is 2.35. The molecule has 7 aliphatic heterocycles. The molecule has 4 aromatic carbocycles. The van der Waals surface area contributed by atoms with Gasteiger partial charge in [-0.25, -0.2) is 25.4 Å². The molecule has 7 bridgehead atoms. The SMILES string of the molecule is C.C=CCCOc1cccc(C2=NC3(CCN(S(=O)(=O)CCc4ccc(C(=O)N(C)CCOCC=C)cc4C)CC3)C(=O)N2)c1.Cc1cc2ccc1CCS(=O)(=O)N1CCC3(CC1)N=C(NC3=O)c1cccc(c1)OCCCC=COCCN(C)C2=O.ClCCCl. The predicted octanol–water partition coefficient (Wildman–Crippen LogP) is 8.66. The summed E-state index contributed by atoms with van der Waals surface area (Å²) in [5.41, 5.74) is 4.13. The topological polar surface area (TPSA) is 235 Å². The molecule has 2 spiro atoms. The quantitative estimate of drug-likeness (QED) is 0.0609. The van der Waals surface area contributed by atoms with Crippen molar-refractivity contribution in [3.63, 3.8) is 0 Å². The number of amides is 4. The second-order valence-corrected chi connectivity index (χ2v) is 27.4. The lowest BCUT2D eigenvalue weighted by Crippen LogP contribution is -2.50. The molecule has 0 aromatic heterocycles. The molecule has 0 atom stereocenters. The summed E-state index contributed by atoms with van der Waals surface area (Å²) in [5, 5.41) is 5.82. The van der Waals surface area contributed by atoms with E-state index in [1.807, 2.05) is 86.7 Å². The number of benzene rings is 4. The van der Waals surface area contributed by atoms with E-state index in [0.717, 1.165) is 52.6 Å². The Balaban J connectivity index is 0.000000271. The number of likely N-dealkylation sites (N-methyl/N-ethyl adjacent to an activating group) is 2. The summed E-state index contributed by atoms with van der Waals surface area (Å²) in [6.07, 6.45) is 11.2. The number of piperidine rings is 2. The second kappa shape index (κ2) is 34.7. The molecule has 0 unspecified atom stereocenters. The first-order valence-electron chi connectivity index (χ1n) is 30.3. The third-order valence-corrected chi connectivity index (χ3v) is 20.5. The van der Waals surface area contributed by atoms with E-state index in [1.165, 1.54) is 8.61 Å². The fourth-order valence-electron chi connectivity index (χ4n) is 10.7. The van der Waals surface area contributed by atoms with Gasteiger partial charge in [-0.1, -0.05) is 56.0 Å². The number of ether oxygens (including phenoxy) is 4. The Bertz CT molecular complexity index is 3510. The summed E-state index contributed by atoms with van der Waals surface area (Å²) in [5.74, 6) is 2.69. The smallest absolute Gasteiger partial charge is 0.253 e. The molecular weight excluding hydrogens is 1240 g/mol. The summed E-state index contributed by atoms with van der Waals surface area (Å²) in [6.45, 7) is 15.1. The number of nitrogens with zero attached hydrogens (tertiary/aromatic N) is 6. The van der Waals surface area contributed by atoms with Crippen LogP contribution in [0.5, 0.6) is 11.5 Å². The number of hydrogen-bond acceptors (Lipinski definition) is 14. The van der Waals surface area contributed by atoms with Crippen LogP contribution in [0.2, 0.25) is 0 Å². The van der Waals surface area contributed by atoms with E-state index in [-0.39, 0.29) is 68.7 Å². The number of nitrogens with one attached hydrogen (secondary N) is 2. The molecule has 4 aromatic rings. The highest BCUT2D eigenvalue weighted by Gasteiger charge is 2.49. The van der Waals surface area contributed by atoms with Crippen molar-refractivity contribution in [2.24, 2.45) is 9.98 Å². The van der Waals surface area contributed by atoms with Crippen LogP contribution in [-0.4, -0.2) is 191 Å². The Morgan fingerprint density at radius 1 is 0.802 bits per heavy atom. The monoisotopic (exact) mass is 1330 g/mol. The highest BCUT2D eigenvalue weighted by atomic mass is 35.5. The molecule has 2 saturated heterocycles.